The molecule has 5 heteroatoms. The van der Waals surface area contributed by atoms with Crippen LogP contribution in [0.2, 0.25) is 0 Å². The van der Waals surface area contributed by atoms with Crippen LogP contribution in [-0.4, -0.2) is 9.97 Å². The molecule has 5 aromatic rings. The Morgan fingerprint density at radius 1 is 0.621 bits per heavy atom. The van der Waals surface area contributed by atoms with Gasteiger partial charge >= 0.3 is 0 Å². The van der Waals surface area contributed by atoms with Gasteiger partial charge < -0.3 is 4.42 Å². The second kappa shape index (κ2) is 6.60. The molecule has 0 saturated carbocycles. The molecule has 0 N–H and O–H groups in total. The van der Waals surface area contributed by atoms with E-state index in [-0.39, 0.29) is 0 Å². The van der Waals surface area contributed by atoms with E-state index in [1.807, 2.05) is 36.4 Å². The Morgan fingerprint density at radius 3 is 1.55 bits per heavy atom. The molecule has 0 aliphatic rings. The number of fused-ring (bicyclic) bond motifs is 3. The van der Waals surface area contributed by atoms with Gasteiger partial charge in [-0.15, -0.1) is 0 Å². The molecule has 3 aromatic heterocycles. The summed E-state index contributed by atoms with van der Waals surface area (Å²) < 4.78 is 5.98. The first-order valence-electron chi connectivity index (χ1n) is 8.94. The first kappa shape index (κ1) is 16.7. The maximum absolute atomic E-state index is 9.15. The van der Waals surface area contributed by atoms with E-state index in [4.69, 9.17) is 14.9 Å². The van der Waals surface area contributed by atoms with Crippen molar-refractivity contribution in [1.82, 2.24) is 9.97 Å². The molecule has 5 nitrogen and oxygen atoms in total. The summed E-state index contributed by atoms with van der Waals surface area (Å²) >= 11 is 0. The quantitative estimate of drug-likeness (QED) is 0.411. The third-order valence-electron chi connectivity index (χ3n) is 4.84. The molecular formula is C24H12N4O. The van der Waals surface area contributed by atoms with Crippen molar-refractivity contribution in [3.05, 3.63) is 84.2 Å². The Morgan fingerprint density at radius 2 is 1.10 bits per heavy atom. The molecular weight excluding hydrogens is 360 g/mol. The van der Waals surface area contributed by atoms with Gasteiger partial charge in [0.25, 0.3) is 0 Å². The van der Waals surface area contributed by atoms with Gasteiger partial charge in [0, 0.05) is 34.3 Å². The van der Waals surface area contributed by atoms with Crippen LogP contribution in [0, 0.1) is 22.7 Å². The van der Waals surface area contributed by atoms with Gasteiger partial charge in [-0.3, -0.25) is 9.97 Å². The monoisotopic (exact) mass is 372 g/mol. The maximum atomic E-state index is 9.15. The number of hydrogen-bond acceptors (Lipinski definition) is 5. The van der Waals surface area contributed by atoms with Gasteiger partial charge in [-0.05, 0) is 60.7 Å². The highest BCUT2D eigenvalue weighted by Gasteiger charge is 2.11. The number of pyridine rings is 2. The molecule has 0 amide bonds. The molecule has 0 radical (unpaired) electrons. The van der Waals surface area contributed by atoms with Crippen LogP contribution in [0.1, 0.15) is 11.1 Å². The standard InChI is InChI=1S/C24H12N4O/c25-13-15-5-7-27-21(9-15)17-1-3-23-19(11-17)20-12-18(2-4-24(20)29-23)22-10-16(14-26)6-8-28-22/h1-12H. The predicted molar refractivity (Wildman–Crippen MR) is 110 cm³/mol. The predicted octanol–water partition coefficient (Wildman–Crippen LogP) is 5.45. The lowest BCUT2D eigenvalue weighted by Gasteiger charge is -2.02. The fourth-order valence-corrected chi connectivity index (χ4v) is 3.41. The summed E-state index contributed by atoms with van der Waals surface area (Å²) in [5, 5.41) is 20.2. The van der Waals surface area contributed by atoms with Crippen molar-refractivity contribution in [2.45, 2.75) is 0 Å². The molecule has 3 heterocycles. The lowest BCUT2D eigenvalue weighted by atomic mass is 10.0. The number of aromatic nitrogens is 2. The summed E-state index contributed by atoms with van der Waals surface area (Å²) in [6, 6.07) is 23.0. The summed E-state index contributed by atoms with van der Waals surface area (Å²) in [4.78, 5) is 8.78. The molecule has 0 spiro atoms. The summed E-state index contributed by atoms with van der Waals surface area (Å²) in [5.41, 5.74) is 5.97. The lowest BCUT2D eigenvalue weighted by Crippen LogP contribution is -1.85. The molecule has 0 aliphatic carbocycles. The third kappa shape index (κ3) is 2.88. The SMILES string of the molecule is N#Cc1ccnc(-c2ccc3oc4ccc(-c5cc(C#N)ccn5)cc4c3c2)c1. The van der Waals surface area contributed by atoms with Crippen molar-refractivity contribution >= 4 is 21.9 Å². The minimum atomic E-state index is 0.567. The normalized spacial score (nSPS) is 10.7. The number of nitriles is 2. The number of rotatable bonds is 2. The second-order valence-electron chi connectivity index (χ2n) is 6.61. The van der Waals surface area contributed by atoms with Gasteiger partial charge in [-0.25, -0.2) is 0 Å². The topological polar surface area (TPSA) is 86.5 Å². The van der Waals surface area contributed by atoms with Crippen molar-refractivity contribution in [3.63, 3.8) is 0 Å². The van der Waals surface area contributed by atoms with Gasteiger partial charge in [-0.2, -0.15) is 10.5 Å². The zero-order chi connectivity index (χ0) is 19.8. The minimum absolute atomic E-state index is 0.567. The lowest BCUT2D eigenvalue weighted by molar-refractivity contribution is 0.669. The highest BCUT2D eigenvalue weighted by molar-refractivity contribution is 6.07. The van der Waals surface area contributed by atoms with E-state index in [0.717, 1.165) is 44.5 Å². The highest BCUT2D eigenvalue weighted by Crippen LogP contribution is 2.34. The fraction of sp³-hybridized carbons (Fsp3) is 0. The number of furan rings is 1. The average molecular weight is 372 g/mol. The molecule has 2 aromatic carbocycles. The van der Waals surface area contributed by atoms with Crippen LogP contribution in [0.3, 0.4) is 0 Å². The van der Waals surface area contributed by atoms with Gasteiger partial charge in [0.15, 0.2) is 0 Å². The average Bonchev–Trinajstić information content (AvgIpc) is 3.16. The van der Waals surface area contributed by atoms with Crippen LogP contribution in [0.25, 0.3) is 44.5 Å². The summed E-state index contributed by atoms with van der Waals surface area (Å²) in [5.74, 6) is 0. The zero-order valence-corrected chi connectivity index (χ0v) is 15.1. The minimum Gasteiger partial charge on any atom is -0.456 e. The van der Waals surface area contributed by atoms with E-state index in [1.165, 1.54) is 0 Å². The molecule has 0 unspecified atom stereocenters. The van der Waals surface area contributed by atoms with Crippen LogP contribution in [-0.2, 0) is 0 Å². The van der Waals surface area contributed by atoms with Crippen molar-refractivity contribution in [3.8, 4) is 34.7 Å². The van der Waals surface area contributed by atoms with E-state index in [0.29, 0.717) is 11.1 Å². The van der Waals surface area contributed by atoms with E-state index < -0.39 is 0 Å². The van der Waals surface area contributed by atoms with Crippen LogP contribution in [0.15, 0.2) is 77.5 Å². The van der Waals surface area contributed by atoms with E-state index in [1.54, 1.807) is 36.7 Å². The van der Waals surface area contributed by atoms with Crippen molar-refractivity contribution < 1.29 is 4.42 Å². The van der Waals surface area contributed by atoms with Gasteiger partial charge in [-0.1, -0.05) is 0 Å². The Balaban J connectivity index is 1.69. The Bertz CT molecular complexity index is 1370. The third-order valence-corrected chi connectivity index (χ3v) is 4.84. The smallest absolute Gasteiger partial charge is 0.135 e. The van der Waals surface area contributed by atoms with Crippen LogP contribution in [0.4, 0.5) is 0 Å². The molecule has 0 atom stereocenters. The van der Waals surface area contributed by atoms with E-state index >= 15 is 0 Å². The van der Waals surface area contributed by atoms with Crippen molar-refractivity contribution in [2.75, 3.05) is 0 Å². The fourth-order valence-electron chi connectivity index (χ4n) is 3.41. The second-order valence-corrected chi connectivity index (χ2v) is 6.61. The molecule has 5 rings (SSSR count). The molecule has 0 fully saturated rings. The summed E-state index contributed by atoms with van der Waals surface area (Å²) in [6.45, 7) is 0. The molecule has 29 heavy (non-hydrogen) atoms. The van der Waals surface area contributed by atoms with Crippen LogP contribution >= 0.6 is 0 Å². The highest BCUT2D eigenvalue weighted by atomic mass is 16.3. The van der Waals surface area contributed by atoms with Crippen LogP contribution in [0.5, 0.6) is 0 Å². The van der Waals surface area contributed by atoms with Gasteiger partial charge in [0.1, 0.15) is 11.2 Å². The Labute approximate surface area is 166 Å². The number of hydrogen-bond donors (Lipinski definition) is 0. The molecule has 0 aliphatic heterocycles. The maximum Gasteiger partial charge on any atom is 0.135 e. The Hall–Kier alpha value is -4.48. The molecule has 0 saturated heterocycles. The van der Waals surface area contributed by atoms with Crippen LogP contribution < -0.4 is 0 Å². The van der Waals surface area contributed by atoms with E-state index in [9.17, 15) is 0 Å². The molecule has 0 bridgehead atoms. The number of benzene rings is 2. The first-order chi connectivity index (χ1) is 14.2. The summed E-state index contributed by atoms with van der Waals surface area (Å²) in [6.07, 6.45) is 3.27. The Kier molecular flexibility index (Phi) is 3.79. The van der Waals surface area contributed by atoms with Crippen molar-refractivity contribution in [2.24, 2.45) is 0 Å². The summed E-state index contributed by atoms with van der Waals surface area (Å²) in [7, 11) is 0. The molecule has 134 valence electrons. The van der Waals surface area contributed by atoms with E-state index in [2.05, 4.69) is 22.1 Å². The largest absolute Gasteiger partial charge is 0.456 e. The van der Waals surface area contributed by atoms with Gasteiger partial charge in [0.05, 0.1) is 34.7 Å². The zero-order valence-electron chi connectivity index (χ0n) is 15.1. The first-order valence-corrected chi connectivity index (χ1v) is 8.94. The number of nitrogens with zero attached hydrogens (tertiary/aromatic N) is 4. The van der Waals surface area contributed by atoms with Crippen molar-refractivity contribution in [1.29, 1.82) is 10.5 Å². The van der Waals surface area contributed by atoms with Gasteiger partial charge in [0.2, 0.25) is 0 Å².